The predicted molar refractivity (Wildman–Crippen MR) is 61.5 cm³/mol. The van der Waals surface area contributed by atoms with Crippen LogP contribution in [0.1, 0.15) is 33.6 Å². The second-order valence-corrected chi connectivity index (χ2v) is 4.60. The van der Waals surface area contributed by atoms with Gasteiger partial charge >= 0.3 is 0 Å². The van der Waals surface area contributed by atoms with E-state index >= 15 is 0 Å². The standard InChI is InChI=1S/C12H18N2O2/c1-5-6-7-8-14-9(2)10(15)13-12(3,4)11(14)16/h1,9H,6-8H2,2-4H3,(H,13,15). The molecule has 1 aliphatic rings. The summed E-state index contributed by atoms with van der Waals surface area (Å²) in [6, 6.07) is -0.404. The summed E-state index contributed by atoms with van der Waals surface area (Å²) in [5, 5.41) is 2.71. The van der Waals surface area contributed by atoms with Crippen LogP contribution < -0.4 is 5.32 Å². The number of carbonyl (C=O) groups is 2. The van der Waals surface area contributed by atoms with E-state index in [-0.39, 0.29) is 11.8 Å². The normalized spacial score (nSPS) is 23.9. The summed E-state index contributed by atoms with van der Waals surface area (Å²) in [4.78, 5) is 25.3. The summed E-state index contributed by atoms with van der Waals surface area (Å²) in [5.74, 6) is 2.38. The highest BCUT2D eigenvalue weighted by Gasteiger charge is 2.42. The van der Waals surface area contributed by atoms with E-state index in [0.29, 0.717) is 13.0 Å². The lowest BCUT2D eigenvalue weighted by atomic mass is 9.97. The molecule has 1 aliphatic heterocycles. The van der Waals surface area contributed by atoms with Crippen molar-refractivity contribution >= 4 is 11.8 Å². The van der Waals surface area contributed by atoms with Gasteiger partial charge < -0.3 is 10.2 Å². The van der Waals surface area contributed by atoms with E-state index in [9.17, 15) is 9.59 Å². The molecule has 0 aromatic heterocycles. The van der Waals surface area contributed by atoms with Crippen molar-refractivity contribution in [2.24, 2.45) is 0 Å². The fraction of sp³-hybridized carbons (Fsp3) is 0.667. The van der Waals surface area contributed by atoms with E-state index in [1.807, 2.05) is 0 Å². The van der Waals surface area contributed by atoms with Crippen molar-refractivity contribution in [1.29, 1.82) is 0 Å². The Morgan fingerprint density at radius 2 is 2.12 bits per heavy atom. The van der Waals surface area contributed by atoms with Gasteiger partial charge in [-0.1, -0.05) is 0 Å². The zero-order valence-electron chi connectivity index (χ0n) is 10.0. The molecule has 1 heterocycles. The number of terminal acetylenes is 1. The molecule has 0 saturated carbocycles. The quantitative estimate of drug-likeness (QED) is 0.559. The lowest BCUT2D eigenvalue weighted by molar-refractivity contribution is -0.152. The molecular formula is C12H18N2O2. The van der Waals surface area contributed by atoms with Crippen molar-refractivity contribution in [3.8, 4) is 12.3 Å². The van der Waals surface area contributed by atoms with Gasteiger partial charge in [0.25, 0.3) is 0 Å². The molecule has 4 nitrogen and oxygen atoms in total. The lowest BCUT2D eigenvalue weighted by Gasteiger charge is -2.41. The number of nitrogens with one attached hydrogen (secondary N) is 1. The highest BCUT2D eigenvalue weighted by Crippen LogP contribution is 2.18. The Morgan fingerprint density at radius 1 is 1.50 bits per heavy atom. The average molecular weight is 222 g/mol. The molecule has 1 saturated heterocycles. The lowest BCUT2D eigenvalue weighted by Crippen LogP contribution is -2.67. The van der Waals surface area contributed by atoms with Crippen LogP contribution in [0.15, 0.2) is 0 Å². The second kappa shape index (κ2) is 4.56. The van der Waals surface area contributed by atoms with Gasteiger partial charge in [0, 0.05) is 13.0 Å². The third kappa shape index (κ3) is 2.35. The van der Waals surface area contributed by atoms with Crippen LogP contribution in [0, 0.1) is 12.3 Å². The van der Waals surface area contributed by atoms with Gasteiger partial charge in [0.15, 0.2) is 0 Å². The molecule has 2 amide bonds. The number of nitrogens with zero attached hydrogens (tertiary/aromatic N) is 1. The zero-order valence-corrected chi connectivity index (χ0v) is 10.0. The van der Waals surface area contributed by atoms with E-state index in [1.165, 1.54) is 0 Å². The molecule has 1 fully saturated rings. The summed E-state index contributed by atoms with van der Waals surface area (Å²) < 4.78 is 0. The van der Waals surface area contributed by atoms with Crippen molar-refractivity contribution in [2.75, 3.05) is 6.54 Å². The summed E-state index contributed by atoms with van der Waals surface area (Å²) in [6.45, 7) is 5.71. The summed E-state index contributed by atoms with van der Waals surface area (Å²) in [7, 11) is 0. The molecular weight excluding hydrogens is 204 g/mol. The van der Waals surface area contributed by atoms with Crippen LogP contribution in [0.4, 0.5) is 0 Å². The molecule has 1 atom stereocenters. The maximum atomic E-state index is 12.1. The Bertz CT molecular complexity index is 341. The fourth-order valence-electron chi connectivity index (χ4n) is 1.79. The van der Waals surface area contributed by atoms with Gasteiger partial charge in [-0.15, -0.1) is 12.3 Å². The summed E-state index contributed by atoms with van der Waals surface area (Å²) >= 11 is 0. The molecule has 4 heteroatoms. The van der Waals surface area contributed by atoms with E-state index in [0.717, 1.165) is 6.42 Å². The third-order valence-electron chi connectivity index (χ3n) is 2.80. The van der Waals surface area contributed by atoms with E-state index in [1.54, 1.807) is 25.7 Å². The summed E-state index contributed by atoms with van der Waals surface area (Å²) in [6.07, 6.45) is 6.52. The van der Waals surface area contributed by atoms with Gasteiger partial charge in [-0.25, -0.2) is 0 Å². The predicted octanol–water partition coefficient (Wildman–Crippen LogP) is 0.525. The Morgan fingerprint density at radius 3 is 2.69 bits per heavy atom. The molecule has 1 N–H and O–H groups in total. The molecule has 0 aliphatic carbocycles. The van der Waals surface area contributed by atoms with Gasteiger partial charge in [0.05, 0.1) is 0 Å². The summed E-state index contributed by atoms with van der Waals surface area (Å²) in [5.41, 5.74) is -0.806. The Kier molecular flexibility index (Phi) is 3.58. The number of unbranched alkanes of at least 4 members (excludes halogenated alkanes) is 1. The van der Waals surface area contributed by atoms with Crippen molar-refractivity contribution in [2.45, 2.75) is 45.2 Å². The van der Waals surface area contributed by atoms with Gasteiger partial charge in [-0.05, 0) is 27.2 Å². The Balaban J connectivity index is 2.75. The van der Waals surface area contributed by atoms with Crippen molar-refractivity contribution < 1.29 is 9.59 Å². The van der Waals surface area contributed by atoms with Gasteiger partial charge in [-0.3, -0.25) is 9.59 Å². The van der Waals surface area contributed by atoms with E-state index in [4.69, 9.17) is 6.42 Å². The number of hydrogen-bond acceptors (Lipinski definition) is 2. The monoisotopic (exact) mass is 222 g/mol. The van der Waals surface area contributed by atoms with Crippen LogP contribution in [-0.4, -0.2) is 34.8 Å². The van der Waals surface area contributed by atoms with Crippen LogP contribution in [0.3, 0.4) is 0 Å². The number of piperazine rings is 1. The van der Waals surface area contributed by atoms with Crippen molar-refractivity contribution in [1.82, 2.24) is 10.2 Å². The van der Waals surface area contributed by atoms with Crippen LogP contribution in [0.25, 0.3) is 0 Å². The molecule has 0 aromatic carbocycles. The number of rotatable bonds is 3. The third-order valence-corrected chi connectivity index (χ3v) is 2.80. The van der Waals surface area contributed by atoms with Crippen molar-refractivity contribution in [3.05, 3.63) is 0 Å². The second-order valence-electron chi connectivity index (χ2n) is 4.60. The SMILES string of the molecule is C#CCCCN1C(=O)C(C)(C)NC(=O)C1C. The molecule has 0 spiro atoms. The number of amides is 2. The zero-order chi connectivity index (χ0) is 12.3. The van der Waals surface area contributed by atoms with E-state index < -0.39 is 11.6 Å². The molecule has 1 rings (SSSR count). The molecule has 88 valence electrons. The number of hydrogen-bond donors (Lipinski definition) is 1. The van der Waals surface area contributed by atoms with Gasteiger partial charge in [-0.2, -0.15) is 0 Å². The van der Waals surface area contributed by atoms with Gasteiger partial charge in [0.1, 0.15) is 11.6 Å². The van der Waals surface area contributed by atoms with E-state index in [2.05, 4.69) is 11.2 Å². The van der Waals surface area contributed by atoms with Crippen LogP contribution >= 0.6 is 0 Å². The smallest absolute Gasteiger partial charge is 0.248 e. The highest BCUT2D eigenvalue weighted by molar-refractivity contribution is 5.99. The fourth-order valence-corrected chi connectivity index (χ4v) is 1.79. The van der Waals surface area contributed by atoms with Gasteiger partial charge in [0.2, 0.25) is 11.8 Å². The first kappa shape index (κ1) is 12.6. The van der Waals surface area contributed by atoms with Crippen molar-refractivity contribution in [3.63, 3.8) is 0 Å². The molecule has 0 bridgehead atoms. The van der Waals surface area contributed by atoms with Crippen LogP contribution in [-0.2, 0) is 9.59 Å². The minimum absolute atomic E-state index is 0.0448. The first-order valence-corrected chi connectivity index (χ1v) is 5.46. The first-order chi connectivity index (χ1) is 7.40. The molecule has 1 unspecified atom stereocenters. The minimum atomic E-state index is -0.806. The molecule has 0 radical (unpaired) electrons. The number of carbonyl (C=O) groups excluding carboxylic acids is 2. The van der Waals surface area contributed by atoms with Crippen LogP contribution in [0.5, 0.6) is 0 Å². The first-order valence-electron chi connectivity index (χ1n) is 5.46. The maximum absolute atomic E-state index is 12.1. The highest BCUT2D eigenvalue weighted by atomic mass is 16.2. The largest absolute Gasteiger partial charge is 0.340 e. The topological polar surface area (TPSA) is 49.4 Å². The molecule has 0 aromatic rings. The minimum Gasteiger partial charge on any atom is -0.340 e. The maximum Gasteiger partial charge on any atom is 0.248 e. The van der Waals surface area contributed by atoms with Crippen LogP contribution in [0.2, 0.25) is 0 Å². The average Bonchev–Trinajstić information content (AvgIpc) is 2.20. The Labute approximate surface area is 96.4 Å². The molecule has 16 heavy (non-hydrogen) atoms. The Hall–Kier alpha value is -1.50.